The summed E-state index contributed by atoms with van der Waals surface area (Å²) in [5.74, 6) is 5.99. The molecule has 0 bridgehead atoms. The van der Waals surface area contributed by atoms with Crippen LogP contribution in [0, 0.1) is 11.8 Å². The molecule has 0 saturated heterocycles. The number of unbranched alkanes of at least 4 members (excludes halogenated alkanes) is 11. The predicted octanol–water partition coefficient (Wildman–Crippen LogP) is 6.53. The molecule has 0 spiro atoms. The first-order chi connectivity index (χ1) is 12.3. The number of methoxy groups -OCH3 is 1. The van der Waals surface area contributed by atoms with Crippen LogP contribution in [0.15, 0.2) is 24.3 Å². The first-order valence-corrected chi connectivity index (χ1v) is 9.95. The Morgan fingerprint density at radius 1 is 0.880 bits per heavy atom. The van der Waals surface area contributed by atoms with Gasteiger partial charge in [0.1, 0.15) is 0 Å². The van der Waals surface area contributed by atoms with E-state index in [-0.39, 0.29) is 5.97 Å². The average molecular weight is 343 g/mol. The lowest BCUT2D eigenvalue weighted by atomic mass is 10.0. The summed E-state index contributed by atoms with van der Waals surface area (Å²) >= 11 is 0. The number of hydrogen-bond acceptors (Lipinski definition) is 2. The number of benzene rings is 1. The van der Waals surface area contributed by atoms with Crippen LogP contribution >= 0.6 is 0 Å². The van der Waals surface area contributed by atoms with Crippen molar-refractivity contribution in [2.75, 3.05) is 7.11 Å². The molecule has 0 aliphatic heterocycles. The maximum Gasteiger partial charge on any atom is 0.339 e. The predicted molar refractivity (Wildman–Crippen MR) is 106 cm³/mol. The smallest absolute Gasteiger partial charge is 0.339 e. The zero-order valence-electron chi connectivity index (χ0n) is 16.1. The molecule has 0 heterocycles. The molecule has 25 heavy (non-hydrogen) atoms. The summed E-state index contributed by atoms with van der Waals surface area (Å²) < 4.78 is 4.79. The summed E-state index contributed by atoms with van der Waals surface area (Å²) in [6.45, 7) is 2.27. The SMILES string of the molecule is CCCCCCCCCCCCCC#Cc1ccccc1C(=O)OC. The first-order valence-electron chi connectivity index (χ1n) is 9.95. The number of carbonyl (C=O) groups is 1. The van der Waals surface area contributed by atoms with Gasteiger partial charge in [-0.05, 0) is 18.6 Å². The van der Waals surface area contributed by atoms with Crippen LogP contribution in [0.25, 0.3) is 0 Å². The van der Waals surface area contributed by atoms with Gasteiger partial charge < -0.3 is 4.74 Å². The van der Waals surface area contributed by atoms with Crippen molar-refractivity contribution in [1.82, 2.24) is 0 Å². The van der Waals surface area contributed by atoms with Crippen molar-refractivity contribution in [1.29, 1.82) is 0 Å². The van der Waals surface area contributed by atoms with Crippen molar-refractivity contribution in [3.05, 3.63) is 35.4 Å². The summed E-state index contributed by atoms with van der Waals surface area (Å²) in [5.41, 5.74) is 1.31. The molecule has 138 valence electrons. The monoisotopic (exact) mass is 342 g/mol. The Hall–Kier alpha value is -1.75. The van der Waals surface area contributed by atoms with Crippen LogP contribution < -0.4 is 0 Å². The summed E-state index contributed by atoms with van der Waals surface area (Å²) in [7, 11) is 1.40. The molecule has 2 heteroatoms. The van der Waals surface area contributed by atoms with Crippen LogP contribution in [0.2, 0.25) is 0 Å². The topological polar surface area (TPSA) is 26.3 Å². The van der Waals surface area contributed by atoms with Crippen molar-refractivity contribution < 1.29 is 9.53 Å². The molecule has 0 unspecified atom stereocenters. The summed E-state index contributed by atoms with van der Waals surface area (Å²) in [6.07, 6.45) is 15.7. The van der Waals surface area contributed by atoms with E-state index < -0.39 is 0 Å². The maximum atomic E-state index is 11.7. The highest BCUT2D eigenvalue weighted by Crippen LogP contribution is 2.12. The zero-order chi connectivity index (χ0) is 18.2. The minimum atomic E-state index is -0.320. The number of hydrogen-bond donors (Lipinski definition) is 0. The van der Waals surface area contributed by atoms with E-state index in [4.69, 9.17) is 4.74 Å². The Morgan fingerprint density at radius 3 is 2.04 bits per heavy atom. The molecular weight excluding hydrogens is 308 g/mol. The molecular formula is C23H34O2. The minimum absolute atomic E-state index is 0.320. The van der Waals surface area contributed by atoms with E-state index in [1.54, 1.807) is 6.07 Å². The van der Waals surface area contributed by atoms with Crippen molar-refractivity contribution in [2.45, 2.75) is 84.0 Å². The van der Waals surface area contributed by atoms with Crippen LogP contribution in [-0.2, 0) is 4.74 Å². The molecule has 0 atom stereocenters. The Morgan fingerprint density at radius 2 is 1.44 bits per heavy atom. The molecule has 1 rings (SSSR count). The van der Waals surface area contributed by atoms with Crippen LogP contribution in [0.3, 0.4) is 0 Å². The van der Waals surface area contributed by atoms with E-state index in [0.717, 1.165) is 18.4 Å². The van der Waals surface area contributed by atoms with Gasteiger partial charge in [-0.3, -0.25) is 0 Å². The van der Waals surface area contributed by atoms with Gasteiger partial charge in [0.15, 0.2) is 0 Å². The second-order valence-electron chi connectivity index (χ2n) is 6.62. The Labute approximate surface area is 154 Å². The lowest BCUT2D eigenvalue weighted by Gasteiger charge is -2.02. The largest absolute Gasteiger partial charge is 0.465 e. The molecule has 1 aromatic carbocycles. The van der Waals surface area contributed by atoms with Crippen LogP contribution in [-0.4, -0.2) is 13.1 Å². The Balaban J connectivity index is 2.10. The molecule has 0 amide bonds. The summed E-state index contributed by atoms with van der Waals surface area (Å²) in [5, 5.41) is 0. The van der Waals surface area contributed by atoms with Crippen molar-refractivity contribution in [2.24, 2.45) is 0 Å². The second-order valence-corrected chi connectivity index (χ2v) is 6.62. The van der Waals surface area contributed by atoms with Gasteiger partial charge >= 0.3 is 5.97 Å². The van der Waals surface area contributed by atoms with Gasteiger partial charge in [-0.25, -0.2) is 4.79 Å². The van der Waals surface area contributed by atoms with Gasteiger partial charge in [0.2, 0.25) is 0 Å². The quantitative estimate of drug-likeness (QED) is 0.245. The van der Waals surface area contributed by atoms with E-state index >= 15 is 0 Å². The van der Waals surface area contributed by atoms with E-state index in [2.05, 4.69) is 18.8 Å². The third-order valence-electron chi connectivity index (χ3n) is 4.46. The van der Waals surface area contributed by atoms with Crippen molar-refractivity contribution in [3.8, 4) is 11.8 Å². The second kappa shape index (κ2) is 14.6. The summed E-state index contributed by atoms with van der Waals surface area (Å²) in [6, 6.07) is 7.37. The average Bonchev–Trinajstić information content (AvgIpc) is 2.65. The first kappa shape index (κ1) is 21.3. The van der Waals surface area contributed by atoms with Gasteiger partial charge in [0, 0.05) is 12.0 Å². The molecule has 0 fully saturated rings. The van der Waals surface area contributed by atoms with Gasteiger partial charge in [-0.1, -0.05) is 95.1 Å². The molecule has 0 aliphatic carbocycles. The Kier molecular flexibility index (Phi) is 12.4. The molecule has 1 aromatic rings. The number of rotatable bonds is 12. The highest BCUT2D eigenvalue weighted by atomic mass is 16.5. The van der Waals surface area contributed by atoms with Crippen LogP contribution in [0.4, 0.5) is 0 Å². The standard InChI is InChI=1S/C23H34O2/c1-3-4-5-6-7-8-9-10-11-12-13-14-15-18-21-19-16-17-20-22(21)23(24)25-2/h16-17,19-20H,3-14H2,1-2H3. The fourth-order valence-corrected chi connectivity index (χ4v) is 2.92. The normalized spacial score (nSPS) is 10.2. The minimum Gasteiger partial charge on any atom is -0.465 e. The molecule has 0 aliphatic rings. The van der Waals surface area contributed by atoms with Gasteiger partial charge in [0.25, 0.3) is 0 Å². The van der Waals surface area contributed by atoms with Gasteiger partial charge in [-0.15, -0.1) is 0 Å². The third kappa shape index (κ3) is 9.97. The van der Waals surface area contributed by atoms with Gasteiger partial charge in [-0.2, -0.15) is 0 Å². The Bertz CT molecular complexity index is 537. The number of ether oxygens (including phenoxy) is 1. The third-order valence-corrected chi connectivity index (χ3v) is 4.46. The molecule has 0 N–H and O–H groups in total. The fourth-order valence-electron chi connectivity index (χ4n) is 2.92. The van der Waals surface area contributed by atoms with Crippen LogP contribution in [0.5, 0.6) is 0 Å². The highest BCUT2D eigenvalue weighted by Gasteiger charge is 2.08. The lowest BCUT2D eigenvalue weighted by Crippen LogP contribution is -2.03. The van der Waals surface area contributed by atoms with Crippen molar-refractivity contribution in [3.63, 3.8) is 0 Å². The molecule has 0 radical (unpaired) electrons. The maximum absolute atomic E-state index is 11.7. The molecule has 2 nitrogen and oxygen atoms in total. The lowest BCUT2D eigenvalue weighted by molar-refractivity contribution is 0.0600. The molecule has 0 aromatic heterocycles. The van der Waals surface area contributed by atoms with Gasteiger partial charge in [0.05, 0.1) is 12.7 Å². The van der Waals surface area contributed by atoms with E-state index in [0.29, 0.717) is 5.56 Å². The van der Waals surface area contributed by atoms with E-state index in [1.807, 2.05) is 18.2 Å². The van der Waals surface area contributed by atoms with Crippen molar-refractivity contribution >= 4 is 5.97 Å². The number of carbonyl (C=O) groups excluding carboxylic acids is 1. The molecule has 0 saturated carbocycles. The van der Waals surface area contributed by atoms with E-state index in [9.17, 15) is 4.79 Å². The summed E-state index contributed by atoms with van der Waals surface area (Å²) in [4.78, 5) is 11.7. The van der Waals surface area contributed by atoms with E-state index in [1.165, 1.54) is 71.3 Å². The zero-order valence-corrected chi connectivity index (χ0v) is 16.1. The van der Waals surface area contributed by atoms with Crippen LogP contribution in [0.1, 0.15) is 99.9 Å². The number of esters is 1. The fraction of sp³-hybridized carbons (Fsp3) is 0.609. The highest BCUT2D eigenvalue weighted by molar-refractivity contribution is 5.92.